The van der Waals surface area contributed by atoms with Crippen LogP contribution in [0.25, 0.3) is 0 Å². The molecule has 1 N–H and O–H groups in total. The van der Waals surface area contributed by atoms with Gasteiger partial charge in [0.15, 0.2) is 0 Å². The second-order valence-corrected chi connectivity index (χ2v) is 4.97. The van der Waals surface area contributed by atoms with Crippen molar-refractivity contribution >= 4 is 33.2 Å². The van der Waals surface area contributed by atoms with Crippen LogP contribution >= 0.6 is 27.3 Å². The van der Waals surface area contributed by atoms with E-state index >= 15 is 0 Å². The highest BCUT2D eigenvalue weighted by molar-refractivity contribution is 9.11. The number of carbonyl (C=O) groups excluding carboxylic acids is 1. The van der Waals surface area contributed by atoms with E-state index in [0.717, 1.165) is 28.7 Å². The number of rotatable bonds is 0. The number of thiophene rings is 1. The first-order valence-corrected chi connectivity index (χ1v) is 5.50. The highest BCUT2D eigenvalue weighted by atomic mass is 79.9. The van der Waals surface area contributed by atoms with E-state index in [1.165, 1.54) is 5.56 Å². The molecule has 0 aliphatic carbocycles. The van der Waals surface area contributed by atoms with Gasteiger partial charge in [-0.2, -0.15) is 0 Å². The number of hydrogen-bond donors (Lipinski definition) is 1. The van der Waals surface area contributed by atoms with Crippen LogP contribution < -0.4 is 5.32 Å². The number of aryl methyl sites for hydroxylation is 1. The normalized spacial score (nSPS) is 16.6. The number of amides is 1. The van der Waals surface area contributed by atoms with Crippen molar-refractivity contribution in [2.75, 3.05) is 6.54 Å². The Morgan fingerprint density at radius 2 is 2.42 bits per heavy atom. The molecule has 0 saturated heterocycles. The molecule has 0 fully saturated rings. The van der Waals surface area contributed by atoms with E-state index in [9.17, 15) is 4.79 Å². The van der Waals surface area contributed by atoms with Crippen LogP contribution in [0.4, 0.5) is 0 Å². The maximum Gasteiger partial charge on any atom is 0.253 e. The highest BCUT2D eigenvalue weighted by Gasteiger charge is 2.19. The third kappa shape index (κ3) is 1.29. The average Bonchev–Trinajstić information content (AvgIpc) is 2.29. The summed E-state index contributed by atoms with van der Waals surface area (Å²) in [5.74, 6) is 0.0654. The van der Waals surface area contributed by atoms with E-state index in [2.05, 4.69) is 26.6 Å². The van der Waals surface area contributed by atoms with E-state index in [0.29, 0.717) is 0 Å². The monoisotopic (exact) mass is 245 g/mol. The van der Waals surface area contributed by atoms with Gasteiger partial charge < -0.3 is 5.32 Å². The standard InChI is InChI=1S/C8H8BrNOS/c9-7-6-5(4-12-7)2-1-3-10-8(6)11/h4H,1-3H2,(H,10,11). The molecular weight excluding hydrogens is 238 g/mol. The molecule has 1 aromatic rings. The van der Waals surface area contributed by atoms with Crippen LogP contribution in [0.2, 0.25) is 0 Å². The van der Waals surface area contributed by atoms with Gasteiger partial charge in [0.1, 0.15) is 0 Å². The SMILES string of the molecule is O=C1NCCCc2csc(Br)c21. The maximum absolute atomic E-state index is 11.5. The molecule has 2 heterocycles. The van der Waals surface area contributed by atoms with Gasteiger partial charge in [-0.25, -0.2) is 0 Å². The molecule has 1 aliphatic rings. The molecule has 1 amide bonds. The van der Waals surface area contributed by atoms with Gasteiger partial charge >= 0.3 is 0 Å². The molecule has 2 nitrogen and oxygen atoms in total. The lowest BCUT2D eigenvalue weighted by molar-refractivity contribution is 0.0956. The predicted octanol–water partition coefficient (Wildman–Crippen LogP) is 2.19. The van der Waals surface area contributed by atoms with E-state index in [4.69, 9.17) is 0 Å². The first-order valence-electron chi connectivity index (χ1n) is 3.83. The van der Waals surface area contributed by atoms with Gasteiger partial charge in [0.05, 0.1) is 9.35 Å². The summed E-state index contributed by atoms with van der Waals surface area (Å²) < 4.78 is 0.955. The molecule has 0 bridgehead atoms. The number of nitrogens with one attached hydrogen (secondary N) is 1. The summed E-state index contributed by atoms with van der Waals surface area (Å²) in [7, 11) is 0. The Kier molecular flexibility index (Phi) is 2.19. The molecule has 4 heteroatoms. The Bertz CT molecular complexity index is 321. The van der Waals surface area contributed by atoms with Crippen molar-refractivity contribution in [2.24, 2.45) is 0 Å². The van der Waals surface area contributed by atoms with Gasteiger partial charge in [-0.15, -0.1) is 11.3 Å². The zero-order valence-electron chi connectivity index (χ0n) is 6.39. The summed E-state index contributed by atoms with van der Waals surface area (Å²) in [5, 5.41) is 4.93. The van der Waals surface area contributed by atoms with Crippen LogP contribution in [0.15, 0.2) is 9.17 Å². The van der Waals surface area contributed by atoms with Crippen molar-refractivity contribution in [3.63, 3.8) is 0 Å². The summed E-state index contributed by atoms with van der Waals surface area (Å²) in [4.78, 5) is 11.5. The van der Waals surface area contributed by atoms with E-state index in [1.54, 1.807) is 11.3 Å². The minimum Gasteiger partial charge on any atom is -0.352 e. The fraction of sp³-hybridized carbons (Fsp3) is 0.375. The smallest absolute Gasteiger partial charge is 0.253 e. The van der Waals surface area contributed by atoms with Gasteiger partial charge in [-0.05, 0) is 39.7 Å². The van der Waals surface area contributed by atoms with Crippen LogP contribution in [-0.2, 0) is 6.42 Å². The van der Waals surface area contributed by atoms with Crippen LogP contribution in [0.3, 0.4) is 0 Å². The van der Waals surface area contributed by atoms with Crippen molar-refractivity contribution in [1.82, 2.24) is 5.32 Å². The number of halogens is 1. The fourth-order valence-corrected chi connectivity index (χ4v) is 2.89. The van der Waals surface area contributed by atoms with E-state index in [-0.39, 0.29) is 5.91 Å². The summed E-state index contributed by atoms with van der Waals surface area (Å²) in [6.07, 6.45) is 2.05. The Hall–Kier alpha value is -0.350. The van der Waals surface area contributed by atoms with Gasteiger partial charge in [0.2, 0.25) is 0 Å². The lowest BCUT2D eigenvalue weighted by Crippen LogP contribution is -2.22. The molecule has 1 aliphatic heterocycles. The topological polar surface area (TPSA) is 29.1 Å². The third-order valence-electron chi connectivity index (χ3n) is 1.96. The fourth-order valence-electron chi connectivity index (χ4n) is 1.36. The summed E-state index contributed by atoms with van der Waals surface area (Å²) in [5.41, 5.74) is 2.03. The molecule has 64 valence electrons. The van der Waals surface area contributed by atoms with E-state index in [1.807, 2.05) is 0 Å². The molecule has 0 unspecified atom stereocenters. The number of carbonyl (C=O) groups is 1. The molecular formula is C8H8BrNOS. The lowest BCUT2D eigenvalue weighted by Gasteiger charge is -1.98. The Balaban J connectivity index is 2.49. The second kappa shape index (κ2) is 3.18. The zero-order valence-corrected chi connectivity index (χ0v) is 8.80. The van der Waals surface area contributed by atoms with Gasteiger partial charge in [0.25, 0.3) is 5.91 Å². The third-order valence-corrected chi connectivity index (χ3v) is 3.73. The molecule has 0 radical (unpaired) electrons. The van der Waals surface area contributed by atoms with Crippen molar-refractivity contribution in [3.8, 4) is 0 Å². The molecule has 0 saturated carbocycles. The maximum atomic E-state index is 11.5. The predicted molar refractivity (Wildman–Crippen MR) is 52.7 cm³/mol. The average molecular weight is 246 g/mol. The first-order chi connectivity index (χ1) is 5.79. The first kappa shape index (κ1) is 8.26. The summed E-state index contributed by atoms with van der Waals surface area (Å²) in [6.45, 7) is 0.796. The number of fused-ring (bicyclic) bond motifs is 1. The minimum atomic E-state index is 0.0654. The molecule has 0 atom stereocenters. The van der Waals surface area contributed by atoms with Gasteiger partial charge in [-0.1, -0.05) is 0 Å². The Morgan fingerprint density at radius 1 is 1.58 bits per heavy atom. The van der Waals surface area contributed by atoms with E-state index < -0.39 is 0 Å². The van der Waals surface area contributed by atoms with Gasteiger partial charge in [-0.3, -0.25) is 4.79 Å². The van der Waals surface area contributed by atoms with Gasteiger partial charge in [0, 0.05) is 6.54 Å². The molecule has 1 aromatic heterocycles. The van der Waals surface area contributed by atoms with Crippen LogP contribution in [-0.4, -0.2) is 12.5 Å². The second-order valence-electron chi connectivity index (χ2n) is 2.77. The van der Waals surface area contributed by atoms with Crippen LogP contribution in [0.5, 0.6) is 0 Å². The molecule has 2 rings (SSSR count). The minimum absolute atomic E-state index is 0.0654. The summed E-state index contributed by atoms with van der Waals surface area (Å²) in [6, 6.07) is 0. The summed E-state index contributed by atoms with van der Waals surface area (Å²) >= 11 is 4.97. The van der Waals surface area contributed by atoms with Crippen molar-refractivity contribution < 1.29 is 4.79 Å². The Labute approximate surface area is 83.1 Å². The highest BCUT2D eigenvalue weighted by Crippen LogP contribution is 2.29. The van der Waals surface area contributed by atoms with Crippen LogP contribution in [0, 0.1) is 0 Å². The lowest BCUT2D eigenvalue weighted by atomic mass is 10.1. The molecule has 0 aromatic carbocycles. The van der Waals surface area contributed by atoms with Crippen LogP contribution in [0.1, 0.15) is 22.3 Å². The molecule has 0 spiro atoms. The van der Waals surface area contributed by atoms with Crippen molar-refractivity contribution in [3.05, 3.63) is 20.3 Å². The number of hydrogen-bond acceptors (Lipinski definition) is 2. The van der Waals surface area contributed by atoms with Crippen molar-refractivity contribution in [1.29, 1.82) is 0 Å². The largest absolute Gasteiger partial charge is 0.352 e. The Morgan fingerprint density at radius 3 is 3.25 bits per heavy atom. The van der Waals surface area contributed by atoms with Crippen molar-refractivity contribution in [2.45, 2.75) is 12.8 Å². The molecule has 12 heavy (non-hydrogen) atoms. The quantitative estimate of drug-likeness (QED) is 0.746. The zero-order chi connectivity index (χ0) is 8.55.